The number of benzene rings is 1. The highest BCUT2D eigenvalue weighted by molar-refractivity contribution is 7.94. The van der Waals surface area contributed by atoms with Gasteiger partial charge in [-0.3, -0.25) is 0 Å². The van der Waals surface area contributed by atoms with Gasteiger partial charge in [-0.1, -0.05) is 0 Å². The van der Waals surface area contributed by atoms with Crippen LogP contribution in [0.4, 0.5) is 0 Å². The molecule has 1 aliphatic heterocycles. The van der Waals surface area contributed by atoms with E-state index in [-0.39, 0.29) is 22.3 Å². The van der Waals surface area contributed by atoms with Crippen LogP contribution in [-0.2, 0) is 14.6 Å². The van der Waals surface area contributed by atoms with Gasteiger partial charge in [0.25, 0.3) is 0 Å². The molecule has 2 rings (SSSR count). The smallest absolute Gasteiger partial charge is 0.342 e. The molecule has 0 atom stereocenters. The molecular formula is C13H14O5S. The van der Waals surface area contributed by atoms with E-state index in [1.54, 1.807) is 13.8 Å². The van der Waals surface area contributed by atoms with Gasteiger partial charge in [-0.15, -0.1) is 0 Å². The van der Waals surface area contributed by atoms with Crippen LogP contribution < -0.4 is 4.74 Å². The van der Waals surface area contributed by atoms with Crippen LogP contribution in [0.5, 0.6) is 5.75 Å². The summed E-state index contributed by atoms with van der Waals surface area (Å²) in [7, 11) is -2.03. The third kappa shape index (κ3) is 2.35. The third-order valence-corrected chi connectivity index (χ3v) is 4.11. The van der Waals surface area contributed by atoms with Crippen LogP contribution in [-0.4, -0.2) is 27.6 Å². The van der Waals surface area contributed by atoms with Gasteiger partial charge in [-0.2, -0.15) is 0 Å². The molecule has 0 saturated carbocycles. The van der Waals surface area contributed by atoms with Crippen LogP contribution in [0.15, 0.2) is 22.4 Å². The number of esters is 1. The van der Waals surface area contributed by atoms with Gasteiger partial charge in [-0.05, 0) is 32.1 Å². The summed E-state index contributed by atoms with van der Waals surface area (Å²) < 4.78 is 33.7. The molecule has 5 nitrogen and oxygen atoms in total. The molecule has 0 radical (unpaired) electrons. The normalized spacial score (nSPS) is 15.4. The molecule has 1 aromatic rings. The van der Waals surface area contributed by atoms with Crippen molar-refractivity contribution in [2.45, 2.75) is 24.8 Å². The van der Waals surface area contributed by atoms with Crippen molar-refractivity contribution >= 4 is 21.9 Å². The highest BCUT2D eigenvalue weighted by Crippen LogP contribution is 2.36. The van der Waals surface area contributed by atoms with Gasteiger partial charge in [0.1, 0.15) is 11.3 Å². The topological polar surface area (TPSA) is 69.7 Å². The van der Waals surface area contributed by atoms with E-state index in [2.05, 4.69) is 0 Å². The number of carbonyl (C=O) groups excluding carboxylic acids is 1. The largest absolute Gasteiger partial charge is 0.495 e. The maximum absolute atomic E-state index is 11.9. The Kier molecular flexibility index (Phi) is 3.36. The monoisotopic (exact) mass is 282 g/mol. The standard InChI is InChI=1S/C13H14O5S/c1-8(2)18-13(14)10-4-5-11-9(12(10)17-3)6-7-19(11,15)16/h4-8H,1-3H3. The molecule has 19 heavy (non-hydrogen) atoms. The maximum atomic E-state index is 11.9. The van der Waals surface area contributed by atoms with Gasteiger partial charge >= 0.3 is 5.97 Å². The van der Waals surface area contributed by atoms with Crippen molar-refractivity contribution in [3.8, 4) is 5.75 Å². The number of carbonyl (C=O) groups is 1. The van der Waals surface area contributed by atoms with Crippen LogP contribution in [0, 0.1) is 0 Å². The minimum atomic E-state index is -3.42. The first-order chi connectivity index (χ1) is 8.86. The van der Waals surface area contributed by atoms with Gasteiger partial charge in [0.05, 0.1) is 18.1 Å². The van der Waals surface area contributed by atoms with Crippen LogP contribution in [0.3, 0.4) is 0 Å². The number of ether oxygens (including phenoxy) is 2. The lowest BCUT2D eigenvalue weighted by Crippen LogP contribution is -2.13. The molecule has 0 N–H and O–H groups in total. The Hall–Kier alpha value is -1.82. The molecule has 0 saturated heterocycles. The second-order valence-corrected chi connectivity index (χ2v) is 6.16. The predicted molar refractivity (Wildman–Crippen MR) is 69.8 cm³/mol. The fourth-order valence-corrected chi connectivity index (χ4v) is 3.06. The molecule has 0 amide bonds. The van der Waals surface area contributed by atoms with Crippen LogP contribution >= 0.6 is 0 Å². The third-order valence-electron chi connectivity index (χ3n) is 2.64. The van der Waals surface area contributed by atoms with Gasteiger partial charge < -0.3 is 9.47 Å². The Bertz CT molecular complexity index is 656. The minimum Gasteiger partial charge on any atom is -0.495 e. The number of hydrogen-bond acceptors (Lipinski definition) is 5. The molecule has 0 bridgehead atoms. The molecule has 0 unspecified atom stereocenters. The first-order valence-corrected chi connectivity index (χ1v) is 7.26. The van der Waals surface area contributed by atoms with Gasteiger partial charge in [0, 0.05) is 11.0 Å². The summed E-state index contributed by atoms with van der Waals surface area (Å²) in [6.07, 6.45) is 1.17. The number of rotatable bonds is 3. The van der Waals surface area contributed by atoms with Crippen molar-refractivity contribution in [3.05, 3.63) is 28.7 Å². The Balaban J connectivity index is 2.56. The average molecular weight is 282 g/mol. The summed E-state index contributed by atoms with van der Waals surface area (Å²) in [5, 5.41) is 1.09. The van der Waals surface area contributed by atoms with E-state index >= 15 is 0 Å². The molecule has 0 aromatic heterocycles. The number of sulfone groups is 1. The summed E-state index contributed by atoms with van der Waals surface area (Å²) in [4.78, 5) is 12.1. The van der Waals surface area contributed by atoms with E-state index in [0.717, 1.165) is 5.41 Å². The molecule has 0 aliphatic carbocycles. The first kappa shape index (κ1) is 13.6. The summed E-state index contributed by atoms with van der Waals surface area (Å²) in [6, 6.07) is 2.80. The summed E-state index contributed by atoms with van der Waals surface area (Å²) in [5.74, 6) is -0.312. The Morgan fingerprint density at radius 1 is 1.26 bits per heavy atom. The molecule has 1 aromatic carbocycles. The zero-order chi connectivity index (χ0) is 14.2. The van der Waals surface area contributed by atoms with Crippen molar-refractivity contribution in [1.29, 1.82) is 0 Å². The quantitative estimate of drug-likeness (QED) is 0.793. The van der Waals surface area contributed by atoms with Crippen molar-refractivity contribution in [2.75, 3.05) is 7.11 Å². The molecular weight excluding hydrogens is 268 g/mol. The van der Waals surface area contributed by atoms with Gasteiger partial charge in [-0.25, -0.2) is 13.2 Å². The summed E-state index contributed by atoms with van der Waals surface area (Å²) in [5.41, 5.74) is 0.609. The van der Waals surface area contributed by atoms with E-state index in [1.165, 1.54) is 25.3 Å². The molecule has 102 valence electrons. The van der Waals surface area contributed by atoms with Gasteiger partial charge in [0.15, 0.2) is 0 Å². The van der Waals surface area contributed by atoms with Crippen molar-refractivity contribution < 1.29 is 22.7 Å². The lowest BCUT2D eigenvalue weighted by molar-refractivity contribution is 0.0374. The SMILES string of the molecule is COc1c(C(=O)OC(C)C)ccc2c1C=CS2(=O)=O. The molecule has 0 fully saturated rings. The van der Waals surface area contributed by atoms with E-state index in [1.807, 2.05) is 0 Å². The molecule has 1 aliphatic rings. The second kappa shape index (κ2) is 4.70. The Morgan fingerprint density at radius 3 is 2.53 bits per heavy atom. The van der Waals surface area contributed by atoms with Gasteiger partial charge in [0.2, 0.25) is 9.84 Å². The van der Waals surface area contributed by atoms with E-state index in [0.29, 0.717) is 5.56 Å². The zero-order valence-corrected chi connectivity index (χ0v) is 11.7. The summed E-state index contributed by atoms with van der Waals surface area (Å²) in [6.45, 7) is 3.48. The highest BCUT2D eigenvalue weighted by atomic mass is 32.2. The Morgan fingerprint density at radius 2 is 1.95 bits per heavy atom. The molecule has 1 heterocycles. The van der Waals surface area contributed by atoms with Crippen molar-refractivity contribution in [1.82, 2.24) is 0 Å². The number of fused-ring (bicyclic) bond motifs is 1. The van der Waals surface area contributed by atoms with E-state index < -0.39 is 15.8 Å². The molecule has 6 heteroatoms. The second-order valence-electron chi connectivity index (χ2n) is 4.36. The lowest BCUT2D eigenvalue weighted by Gasteiger charge is -2.13. The fourth-order valence-electron chi connectivity index (χ4n) is 1.88. The lowest BCUT2D eigenvalue weighted by atomic mass is 10.1. The predicted octanol–water partition coefficient (Wildman–Crippen LogP) is 2.02. The number of methoxy groups -OCH3 is 1. The highest BCUT2D eigenvalue weighted by Gasteiger charge is 2.28. The van der Waals surface area contributed by atoms with Crippen molar-refractivity contribution in [3.63, 3.8) is 0 Å². The zero-order valence-electron chi connectivity index (χ0n) is 10.8. The fraction of sp³-hybridized carbons (Fsp3) is 0.308. The van der Waals surface area contributed by atoms with Crippen LogP contribution in [0.1, 0.15) is 29.8 Å². The first-order valence-electron chi connectivity index (χ1n) is 5.72. The average Bonchev–Trinajstić information content (AvgIpc) is 2.63. The van der Waals surface area contributed by atoms with E-state index in [9.17, 15) is 13.2 Å². The summed E-state index contributed by atoms with van der Waals surface area (Å²) >= 11 is 0. The maximum Gasteiger partial charge on any atom is 0.342 e. The number of hydrogen-bond donors (Lipinski definition) is 0. The van der Waals surface area contributed by atoms with Crippen molar-refractivity contribution in [2.24, 2.45) is 0 Å². The van der Waals surface area contributed by atoms with E-state index in [4.69, 9.17) is 9.47 Å². The minimum absolute atomic E-state index is 0.144. The molecule has 0 spiro atoms. The van der Waals surface area contributed by atoms with Crippen LogP contribution in [0.2, 0.25) is 0 Å². The Labute approximate surface area is 111 Å². The van der Waals surface area contributed by atoms with Crippen LogP contribution in [0.25, 0.3) is 6.08 Å².